The molecule has 2 rings (SSSR count). The van der Waals surface area contributed by atoms with Crippen LogP contribution in [0.1, 0.15) is 25.7 Å². The van der Waals surface area contributed by atoms with Crippen molar-refractivity contribution >= 4 is 34.0 Å². The van der Waals surface area contributed by atoms with Gasteiger partial charge in [0.2, 0.25) is 0 Å². The maximum absolute atomic E-state index is 10.7. The van der Waals surface area contributed by atoms with Crippen molar-refractivity contribution in [2.45, 2.75) is 25.7 Å². The third-order valence-corrected chi connectivity index (χ3v) is 4.91. The van der Waals surface area contributed by atoms with E-state index in [1.165, 1.54) is 18.9 Å². The van der Waals surface area contributed by atoms with E-state index in [0.29, 0.717) is 11.8 Å². The number of aliphatic hydroxyl groups excluding tert-OH is 1. The van der Waals surface area contributed by atoms with Crippen molar-refractivity contribution in [3.05, 3.63) is 31.9 Å². The Morgan fingerprint density at radius 3 is 2.65 bits per heavy atom. The lowest BCUT2D eigenvalue weighted by Gasteiger charge is -2.30. The second-order valence-electron chi connectivity index (χ2n) is 5.29. The highest BCUT2D eigenvalue weighted by Gasteiger charge is 2.24. The molecule has 2 unspecified atom stereocenters. The number of nitro benzene ring substituents is 1. The van der Waals surface area contributed by atoms with Crippen LogP contribution in [0.2, 0.25) is 0 Å². The van der Waals surface area contributed by atoms with E-state index in [0.717, 1.165) is 28.6 Å². The number of hydrogen-bond donors (Lipinski definition) is 2. The number of aliphatic hydroxyl groups is 1. The lowest BCUT2D eigenvalue weighted by molar-refractivity contribution is -0.384. The summed E-state index contributed by atoms with van der Waals surface area (Å²) >= 11 is 2.11. The fourth-order valence-corrected chi connectivity index (χ4v) is 3.49. The number of nitro groups is 1. The lowest BCUT2D eigenvalue weighted by atomic mass is 9.79. The fourth-order valence-electron chi connectivity index (χ4n) is 2.80. The predicted octanol–water partition coefficient (Wildman–Crippen LogP) is 3.41. The number of benzene rings is 1. The highest BCUT2D eigenvalue weighted by Crippen LogP contribution is 2.31. The molecule has 20 heavy (non-hydrogen) atoms. The Bertz CT molecular complexity index is 481. The minimum absolute atomic E-state index is 0.117. The number of nitrogens with one attached hydrogen (secondary N) is 1. The largest absolute Gasteiger partial charge is 0.396 e. The number of rotatable bonds is 5. The zero-order valence-corrected chi connectivity index (χ0v) is 13.4. The van der Waals surface area contributed by atoms with E-state index in [1.54, 1.807) is 12.1 Å². The molecule has 1 aliphatic carbocycles. The fraction of sp³-hybridized carbons (Fsp3) is 0.571. The monoisotopic (exact) mass is 390 g/mol. The summed E-state index contributed by atoms with van der Waals surface area (Å²) in [5.41, 5.74) is 1.05. The van der Waals surface area contributed by atoms with Crippen molar-refractivity contribution in [2.75, 3.05) is 18.5 Å². The first-order chi connectivity index (χ1) is 9.61. The van der Waals surface area contributed by atoms with Gasteiger partial charge >= 0.3 is 0 Å². The number of non-ortho nitro benzene ring substituents is 1. The van der Waals surface area contributed by atoms with E-state index in [2.05, 4.69) is 27.9 Å². The Labute approximate surface area is 132 Å². The van der Waals surface area contributed by atoms with Crippen LogP contribution < -0.4 is 5.32 Å². The first kappa shape index (κ1) is 15.5. The van der Waals surface area contributed by atoms with Crippen LogP contribution >= 0.6 is 22.6 Å². The van der Waals surface area contributed by atoms with Gasteiger partial charge in [-0.25, -0.2) is 0 Å². The average molecular weight is 390 g/mol. The van der Waals surface area contributed by atoms with Crippen molar-refractivity contribution in [3.63, 3.8) is 0 Å². The number of hydrogen-bond acceptors (Lipinski definition) is 4. The molecule has 0 spiro atoms. The minimum atomic E-state index is -0.380. The van der Waals surface area contributed by atoms with Gasteiger partial charge in [0.15, 0.2) is 0 Å². The SMILES string of the molecule is O=[N+]([O-])c1ccc(NCC2CCCCC2CO)c(I)c1. The molecule has 0 heterocycles. The third-order valence-electron chi connectivity index (χ3n) is 4.02. The highest BCUT2D eigenvalue weighted by atomic mass is 127. The Balaban J connectivity index is 1.98. The van der Waals surface area contributed by atoms with E-state index >= 15 is 0 Å². The molecule has 110 valence electrons. The number of anilines is 1. The maximum Gasteiger partial charge on any atom is 0.270 e. The molecule has 2 atom stereocenters. The first-order valence-corrected chi connectivity index (χ1v) is 7.98. The van der Waals surface area contributed by atoms with E-state index < -0.39 is 0 Å². The van der Waals surface area contributed by atoms with Crippen LogP contribution in [0.4, 0.5) is 11.4 Å². The quantitative estimate of drug-likeness (QED) is 0.459. The molecular weight excluding hydrogens is 371 g/mol. The molecule has 0 aromatic heterocycles. The molecule has 0 aliphatic heterocycles. The van der Waals surface area contributed by atoms with Gasteiger partial charge in [-0.3, -0.25) is 10.1 Å². The number of nitrogens with zero attached hydrogens (tertiary/aromatic N) is 1. The van der Waals surface area contributed by atoms with E-state index in [4.69, 9.17) is 0 Å². The van der Waals surface area contributed by atoms with Crippen molar-refractivity contribution in [3.8, 4) is 0 Å². The van der Waals surface area contributed by atoms with E-state index in [-0.39, 0.29) is 17.2 Å². The summed E-state index contributed by atoms with van der Waals surface area (Å²) in [5, 5.41) is 23.5. The molecule has 5 nitrogen and oxygen atoms in total. The molecule has 0 saturated heterocycles. The van der Waals surface area contributed by atoms with Crippen LogP contribution in [0.5, 0.6) is 0 Å². The summed E-state index contributed by atoms with van der Waals surface area (Å²) < 4.78 is 0.855. The summed E-state index contributed by atoms with van der Waals surface area (Å²) in [5.74, 6) is 0.867. The molecule has 1 aromatic carbocycles. The summed E-state index contributed by atoms with van der Waals surface area (Å²) in [4.78, 5) is 10.3. The summed E-state index contributed by atoms with van der Waals surface area (Å²) in [7, 11) is 0. The van der Waals surface area contributed by atoms with Gasteiger partial charge in [-0.15, -0.1) is 0 Å². The Morgan fingerprint density at radius 1 is 1.35 bits per heavy atom. The van der Waals surface area contributed by atoms with E-state index in [9.17, 15) is 15.2 Å². The van der Waals surface area contributed by atoms with Gasteiger partial charge in [0.05, 0.1) is 4.92 Å². The minimum Gasteiger partial charge on any atom is -0.396 e. The van der Waals surface area contributed by atoms with Gasteiger partial charge < -0.3 is 10.4 Å². The summed E-state index contributed by atoms with van der Waals surface area (Å²) in [6, 6.07) is 4.86. The van der Waals surface area contributed by atoms with Crippen LogP contribution in [0.15, 0.2) is 18.2 Å². The summed E-state index contributed by atoms with van der Waals surface area (Å²) in [6.07, 6.45) is 4.67. The standard InChI is InChI=1S/C14H19IN2O3/c15-13-7-12(17(19)20)5-6-14(13)16-8-10-3-1-2-4-11(10)9-18/h5-7,10-11,16,18H,1-4,8-9H2. The van der Waals surface area contributed by atoms with Crippen molar-refractivity contribution in [2.24, 2.45) is 11.8 Å². The topological polar surface area (TPSA) is 75.4 Å². The van der Waals surface area contributed by atoms with Crippen LogP contribution in [0.25, 0.3) is 0 Å². The molecule has 0 bridgehead atoms. The predicted molar refractivity (Wildman–Crippen MR) is 86.8 cm³/mol. The third kappa shape index (κ3) is 3.82. The Hall–Kier alpha value is -0.890. The second-order valence-corrected chi connectivity index (χ2v) is 6.45. The lowest BCUT2D eigenvalue weighted by Crippen LogP contribution is -2.28. The van der Waals surface area contributed by atoms with E-state index in [1.807, 2.05) is 0 Å². The Morgan fingerprint density at radius 2 is 2.05 bits per heavy atom. The van der Waals surface area contributed by atoms with Gasteiger partial charge in [-0.05, 0) is 53.3 Å². The number of halogens is 1. The molecule has 1 aromatic rings. The molecule has 1 fully saturated rings. The molecule has 2 N–H and O–H groups in total. The highest BCUT2D eigenvalue weighted by molar-refractivity contribution is 14.1. The van der Waals surface area contributed by atoms with Crippen LogP contribution in [-0.2, 0) is 0 Å². The van der Waals surface area contributed by atoms with Gasteiger partial charge in [0.25, 0.3) is 5.69 Å². The molecule has 1 saturated carbocycles. The van der Waals surface area contributed by atoms with Crippen LogP contribution in [-0.4, -0.2) is 23.2 Å². The van der Waals surface area contributed by atoms with Gasteiger partial charge in [-0.1, -0.05) is 12.8 Å². The smallest absolute Gasteiger partial charge is 0.270 e. The van der Waals surface area contributed by atoms with Crippen LogP contribution in [0, 0.1) is 25.5 Å². The summed E-state index contributed by atoms with van der Waals surface area (Å²) in [6.45, 7) is 1.07. The maximum atomic E-state index is 10.7. The molecule has 6 heteroatoms. The first-order valence-electron chi connectivity index (χ1n) is 6.90. The Kier molecular flexibility index (Phi) is 5.59. The molecule has 0 radical (unpaired) electrons. The zero-order chi connectivity index (χ0) is 14.5. The molecule has 0 amide bonds. The van der Waals surface area contributed by atoms with Crippen molar-refractivity contribution in [1.82, 2.24) is 0 Å². The molecular formula is C14H19IN2O3. The van der Waals surface area contributed by atoms with Gasteiger partial charge in [0.1, 0.15) is 0 Å². The van der Waals surface area contributed by atoms with Crippen molar-refractivity contribution < 1.29 is 10.0 Å². The van der Waals surface area contributed by atoms with Gasteiger partial charge in [-0.2, -0.15) is 0 Å². The average Bonchev–Trinajstić information content (AvgIpc) is 2.46. The zero-order valence-electron chi connectivity index (χ0n) is 11.2. The normalized spacial score (nSPS) is 22.5. The van der Waals surface area contributed by atoms with Gasteiger partial charge in [0, 0.05) is 34.5 Å². The van der Waals surface area contributed by atoms with Crippen LogP contribution in [0.3, 0.4) is 0 Å². The van der Waals surface area contributed by atoms with Crippen molar-refractivity contribution in [1.29, 1.82) is 0 Å². The second kappa shape index (κ2) is 7.21. The molecule has 1 aliphatic rings.